The van der Waals surface area contributed by atoms with Crippen LogP contribution in [-0.2, 0) is 14.3 Å². The van der Waals surface area contributed by atoms with Crippen molar-refractivity contribution in [3.8, 4) is 0 Å². The van der Waals surface area contributed by atoms with Crippen LogP contribution in [0.2, 0.25) is 0 Å². The maximum Gasteiger partial charge on any atom is 0.331 e. The molecule has 7 nitrogen and oxygen atoms in total. The number of nitrogens with zero attached hydrogens (tertiary/aromatic N) is 1. The van der Waals surface area contributed by atoms with Crippen LogP contribution >= 0.6 is 0 Å². The summed E-state index contributed by atoms with van der Waals surface area (Å²) in [4.78, 5) is 34.3. The number of ether oxygens (including phenoxy) is 1. The molecule has 2 rings (SSSR count). The van der Waals surface area contributed by atoms with Crippen LogP contribution in [-0.4, -0.2) is 22.9 Å². The highest BCUT2D eigenvalue weighted by atomic mass is 16.6. The minimum atomic E-state index is -1.01. The third kappa shape index (κ3) is 5.27. The molecule has 0 unspecified atom stereocenters. The fraction of sp³-hybridized carbons (Fsp3) is 0.158. The number of hydrogen-bond donors (Lipinski definition) is 1. The number of amides is 1. The Morgan fingerprint density at radius 2 is 1.81 bits per heavy atom. The van der Waals surface area contributed by atoms with Crippen LogP contribution in [0.15, 0.2) is 54.6 Å². The first kappa shape index (κ1) is 18.9. The van der Waals surface area contributed by atoms with Crippen LogP contribution in [0.5, 0.6) is 0 Å². The van der Waals surface area contributed by atoms with Gasteiger partial charge in [-0.05, 0) is 38.1 Å². The molecular weight excluding hydrogens is 336 g/mol. The fourth-order valence-electron chi connectivity index (χ4n) is 2.10. The Balaban J connectivity index is 1.95. The summed E-state index contributed by atoms with van der Waals surface area (Å²) in [5.74, 6) is -1.24. The van der Waals surface area contributed by atoms with Crippen LogP contribution in [0.3, 0.4) is 0 Å². The van der Waals surface area contributed by atoms with Gasteiger partial charge in [-0.3, -0.25) is 14.9 Å². The number of nitrogens with one attached hydrogen (secondary N) is 1. The average Bonchev–Trinajstić information content (AvgIpc) is 2.62. The van der Waals surface area contributed by atoms with Crippen LogP contribution in [0.25, 0.3) is 6.08 Å². The molecule has 0 radical (unpaired) electrons. The molecule has 0 aliphatic rings. The predicted molar refractivity (Wildman–Crippen MR) is 97.5 cm³/mol. The van der Waals surface area contributed by atoms with Crippen molar-refractivity contribution in [1.82, 2.24) is 0 Å². The number of nitro groups is 1. The van der Waals surface area contributed by atoms with E-state index in [9.17, 15) is 19.7 Å². The molecule has 0 aromatic heterocycles. The highest BCUT2D eigenvalue weighted by Crippen LogP contribution is 2.19. The van der Waals surface area contributed by atoms with E-state index in [-0.39, 0.29) is 11.3 Å². The fourth-order valence-corrected chi connectivity index (χ4v) is 2.10. The molecule has 1 amide bonds. The summed E-state index contributed by atoms with van der Waals surface area (Å²) >= 11 is 0. The molecule has 0 aliphatic heterocycles. The van der Waals surface area contributed by atoms with E-state index in [4.69, 9.17) is 4.74 Å². The van der Waals surface area contributed by atoms with Crippen molar-refractivity contribution in [3.05, 3.63) is 75.8 Å². The molecule has 1 N–H and O–H groups in total. The Morgan fingerprint density at radius 1 is 1.15 bits per heavy atom. The lowest BCUT2D eigenvalue weighted by atomic mass is 10.1. The van der Waals surface area contributed by atoms with Crippen molar-refractivity contribution in [2.45, 2.75) is 20.0 Å². The van der Waals surface area contributed by atoms with Crippen LogP contribution in [0.1, 0.15) is 18.1 Å². The normalized spacial score (nSPS) is 11.8. The molecule has 0 heterocycles. The summed E-state index contributed by atoms with van der Waals surface area (Å²) < 4.78 is 5.02. The third-order valence-corrected chi connectivity index (χ3v) is 3.51. The zero-order valence-electron chi connectivity index (χ0n) is 14.3. The monoisotopic (exact) mass is 354 g/mol. The number of benzene rings is 2. The lowest BCUT2D eigenvalue weighted by Gasteiger charge is -2.12. The van der Waals surface area contributed by atoms with E-state index < -0.39 is 22.9 Å². The second kappa shape index (κ2) is 8.57. The predicted octanol–water partition coefficient (Wildman–Crippen LogP) is 3.49. The number of carbonyl (C=O) groups is 2. The maximum absolute atomic E-state index is 12.0. The number of nitro benzene ring substituents is 1. The smallest absolute Gasteiger partial charge is 0.331 e. The van der Waals surface area contributed by atoms with Gasteiger partial charge in [0.05, 0.1) is 10.5 Å². The van der Waals surface area contributed by atoms with Crippen LogP contribution in [0.4, 0.5) is 11.4 Å². The molecule has 0 aliphatic carbocycles. The van der Waals surface area contributed by atoms with Crippen molar-refractivity contribution in [3.63, 3.8) is 0 Å². The molecule has 134 valence electrons. The maximum atomic E-state index is 12.0. The number of para-hydroxylation sites is 1. The largest absolute Gasteiger partial charge is 0.449 e. The number of hydrogen-bond acceptors (Lipinski definition) is 5. The first-order chi connectivity index (χ1) is 12.4. The van der Waals surface area contributed by atoms with Crippen LogP contribution < -0.4 is 5.32 Å². The zero-order chi connectivity index (χ0) is 19.1. The van der Waals surface area contributed by atoms with Crippen molar-refractivity contribution >= 4 is 29.3 Å². The zero-order valence-corrected chi connectivity index (χ0v) is 14.3. The Bertz CT molecular complexity index is 843. The number of rotatable bonds is 6. The second-order valence-electron chi connectivity index (χ2n) is 5.58. The van der Waals surface area contributed by atoms with Gasteiger partial charge in [0.1, 0.15) is 0 Å². The Morgan fingerprint density at radius 3 is 2.46 bits per heavy atom. The first-order valence-corrected chi connectivity index (χ1v) is 7.86. The standard InChI is InChI=1S/C19H18N2O5/c1-13-7-10-16(11-8-13)20-19(23)14(2)26-18(22)12-9-15-5-3-4-6-17(15)21(24)25/h3-12,14H,1-2H3,(H,20,23)/b12-9+/t14-/m0/s1. The SMILES string of the molecule is Cc1ccc(NC(=O)[C@H](C)OC(=O)/C=C/c2ccccc2[N+](=O)[O-])cc1. The van der Waals surface area contributed by atoms with Gasteiger partial charge in [0.15, 0.2) is 6.10 Å². The number of anilines is 1. The van der Waals surface area contributed by atoms with Gasteiger partial charge in [0, 0.05) is 17.8 Å². The topological polar surface area (TPSA) is 98.5 Å². The minimum absolute atomic E-state index is 0.123. The van der Waals surface area contributed by atoms with Crippen molar-refractivity contribution in [2.75, 3.05) is 5.32 Å². The van der Waals surface area contributed by atoms with Gasteiger partial charge in [-0.1, -0.05) is 29.8 Å². The highest BCUT2D eigenvalue weighted by Gasteiger charge is 2.17. The van der Waals surface area contributed by atoms with Crippen molar-refractivity contribution < 1.29 is 19.2 Å². The van der Waals surface area contributed by atoms with E-state index in [2.05, 4.69) is 5.32 Å². The lowest BCUT2D eigenvalue weighted by molar-refractivity contribution is -0.385. The second-order valence-corrected chi connectivity index (χ2v) is 5.58. The molecule has 0 bridgehead atoms. The molecular formula is C19H18N2O5. The van der Waals surface area contributed by atoms with Gasteiger partial charge in [0.2, 0.25) is 0 Å². The van der Waals surface area contributed by atoms with Gasteiger partial charge in [-0.15, -0.1) is 0 Å². The summed E-state index contributed by atoms with van der Waals surface area (Å²) in [5, 5.41) is 13.6. The summed E-state index contributed by atoms with van der Waals surface area (Å²) in [6.45, 7) is 3.37. The lowest BCUT2D eigenvalue weighted by Crippen LogP contribution is -2.29. The molecule has 7 heteroatoms. The summed E-state index contributed by atoms with van der Waals surface area (Å²) in [6, 6.07) is 13.2. The van der Waals surface area contributed by atoms with Gasteiger partial charge >= 0.3 is 5.97 Å². The van der Waals surface area contributed by atoms with Gasteiger partial charge < -0.3 is 10.1 Å². The molecule has 2 aromatic carbocycles. The average molecular weight is 354 g/mol. The van der Waals surface area contributed by atoms with Crippen molar-refractivity contribution in [2.24, 2.45) is 0 Å². The molecule has 0 saturated carbocycles. The van der Waals surface area contributed by atoms with Crippen molar-refractivity contribution in [1.29, 1.82) is 0 Å². The summed E-state index contributed by atoms with van der Waals surface area (Å²) in [6.07, 6.45) is 1.32. The number of esters is 1. The van der Waals surface area contributed by atoms with Crippen LogP contribution in [0, 0.1) is 17.0 Å². The Labute approximate surface area is 150 Å². The third-order valence-electron chi connectivity index (χ3n) is 3.51. The molecule has 26 heavy (non-hydrogen) atoms. The quantitative estimate of drug-likeness (QED) is 0.370. The summed E-state index contributed by atoms with van der Waals surface area (Å²) in [5.41, 5.74) is 1.80. The van der Waals surface area contributed by atoms with E-state index in [1.54, 1.807) is 18.2 Å². The number of carbonyl (C=O) groups excluding carboxylic acids is 2. The van der Waals surface area contributed by atoms with Gasteiger partial charge in [0.25, 0.3) is 11.6 Å². The van der Waals surface area contributed by atoms with E-state index in [1.807, 2.05) is 19.1 Å². The van der Waals surface area contributed by atoms with E-state index in [1.165, 1.54) is 31.2 Å². The minimum Gasteiger partial charge on any atom is -0.449 e. The summed E-state index contributed by atoms with van der Waals surface area (Å²) in [7, 11) is 0. The van der Waals surface area contributed by atoms with Gasteiger partial charge in [-0.25, -0.2) is 4.79 Å². The molecule has 2 aromatic rings. The van der Waals surface area contributed by atoms with Gasteiger partial charge in [-0.2, -0.15) is 0 Å². The molecule has 0 spiro atoms. The number of aryl methyl sites for hydroxylation is 1. The van der Waals surface area contributed by atoms with E-state index in [0.717, 1.165) is 11.6 Å². The van der Waals surface area contributed by atoms with E-state index >= 15 is 0 Å². The molecule has 0 saturated heterocycles. The molecule has 1 atom stereocenters. The van der Waals surface area contributed by atoms with E-state index in [0.29, 0.717) is 5.69 Å². The Kier molecular flexibility index (Phi) is 6.21. The Hall–Kier alpha value is -3.48. The highest BCUT2D eigenvalue weighted by molar-refractivity contribution is 5.96. The molecule has 0 fully saturated rings. The first-order valence-electron chi connectivity index (χ1n) is 7.86.